The number of nitrogens with zero attached hydrogens (tertiary/aromatic N) is 1. The first-order valence-corrected chi connectivity index (χ1v) is 8.04. The lowest BCUT2D eigenvalue weighted by atomic mass is 9.84. The average molecular weight is 274 g/mol. The Bertz CT molecular complexity index is 416. The van der Waals surface area contributed by atoms with Gasteiger partial charge in [-0.3, -0.25) is 0 Å². The Morgan fingerprint density at radius 2 is 1.80 bits per heavy atom. The van der Waals surface area contributed by atoms with Crippen LogP contribution < -0.4 is 10.2 Å². The Kier molecular flexibility index (Phi) is 4.74. The van der Waals surface area contributed by atoms with Crippen molar-refractivity contribution in [3.8, 4) is 0 Å². The third-order valence-corrected chi connectivity index (χ3v) is 4.61. The number of rotatable bonds is 3. The van der Waals surface area contributed by atoms with Crippen LogP contribution in [0.1, 0.15) is 46.6 Å². The van der Waals surface area contributed by atoms with Gasteiger partial charge in [-0.2, -0.15) is 0 Å². The molecule has 2 rings (SSSR count). The smallest absolute Gasteiger partial charge is 0.0412 e. The van der Waals surface area contributed by atoms with Gasteiger partial charge in [-0.15, -0.1) is 0 Å². The van der Waals surface area contributed by atoms with Crippen LogP contribution in [0.15, 0.2) is 24.3 Å². The van der Waals surface area contributed by atoms with Crippen molar-refractivity contribution in [1.82, 2.24) is 5.32 Å². The van der Waals surface area contributed by atoms with Gasteiger partial charge in [-0.25, -0.2) is 0 Å². The molecule has 1 N–H and O–H groups in total. The van der Waals surface area contributed by atoms with Crippen LogP contribution in [0.3, 0.4) is 0 Å². The van der Waals surface area contributed by atoms with E-state index in [0.717, 1.165) is 19.5 Å². The zero-order valence-corrected chi connectivity index (χ0v) is 13.7. The molecule has 1 fully saturated rings. The van der Waals surface area contributed by atoms with Gasteiger partial charge in [-0.05, 0) is 36.0 Å². The second-order valence-corrected chi connectivity index (χ2v) is 7.06. The van der Waals surface area contributed by atoms with Gasteiger partial charge in [0.15, 0.2) is 0 Å². The monoisotopic (exact) mass is 274 g/mol. The molecule has 2 atom stereocenters. The number of aryl methyl sites for hydroxylation is 1. The van der Waals surface area contributed by atoms with Crippen molar-refractivity contribution >= 4 is 5.69 Å². The Morgan fingerprint density at radius 3 is 2.30 bits per heavy atom. The lowest BCUT2D eigenvalue weighted by Crippen LogP contribution is -2.60. The molecule has 2 nitrogen and oxygen atoms in total. The van der Waals surface area contributed by atoms with Crippen LogP contribution in [0.25, 0.3) is 0 Å². The van der Waals surface area contributed by atoms with Crippen LogP contribution in [0.4, 0.5) is 5.69 Å². The van der Waals surface area contributed by atoms with E-state index in [4.69, 9.17) is 0 Å². The topological polar surface area (TPSA) is 15.3 Å². The van der Waals surface area contributed by atoms with Gasteiger partial charge in [0.2, 0.25) is 0 Å². The molecule has 1 aromatic rings. The van der Waals surface area contributed by atoms with Crippen LogP contribution in [0.2, 0.25) is 0 Å². The molecule has 20 heavy (non-hydrogen) atoms. The van der Waals surface area contributed by atoms with Crippen molar-refractivity contribution in [3.63, 3.8) is 0 Å². The van der Waals surface area contributed by atoms with Gasteiger partial charge in [0, 0.05) is 30.9 Å². The van der Waals surface area contributed by atoms with Gasteiger partial charge in [-0.1, -0.05) is 46.8 Å². The number of nitrogens with one attached hydrogen (secondary N) is 1. The molecule has 1 aromatic carbocycles. The summed E-state index contributed by atoms with van der Waals surface area (Å²) >= 11 is 0. The van der Waals surface area contributed by atoms with Crippen LogP contribution >= 0.6 is 0 Å². The highest BCUT2D eigenvalue weighted by atomic mass is 15.2. The molecule has 0 bridgehead atoms. The molecule has 1 saturated heterocycles. The summed E-state index contributed by atoms with van der Waals surface area (Å²) in [6.07, 6.45) is 2.31. The average Bonchev–Trinajstić information content (AvgIpc) is 2.45. The molecule has 112 valence electrons. The second-order valence-electron chi connectivity index (χ2n) is 7.06. The van der Waals surface area contributed by atoms with Gasteiger partial charge in [0.05, 0.1) is 0 Å². The maximum absolute atomic E-state index is 3.74. The standard InChI is InChI=1S/C18H30N2/c1-6-14-8-10-16(11-9-14)20-13-17(18(3,4)5)19-12-15(20)7-2/h8-11,15,17,19H,6-7,12-13H2,1-5H3. The van der Waals surface area contributed by atoms with E-state index in [1.165, 1.54) is 17.7 Å². The molecule has 0 saturated carbocycles. The molecule has 2 unspecified atom stereocenters. The van der Waals surface area contributed by atoms with Crippen LogP contribution in [-0.2, 0) is 6.42 Å². The van der Waals surface area contributed by atoms with Crippen molar-refractivity contribution in [2.75, 3.05) is 18.0 Å². The minimum absolute atomic E-state index is 0.306. The third-order valence-electron chi connectivity index (χ3n) is 4.61. The van der Waals surface area contributed by atoms with Crippen molar-refractivity contribution in [3.05, 3.63) is 29.8 Å². The van der Waals surface area contributed by atoms with Gasteiger partial charge < -0.3 is 10.2 Å². The lowest BCUT2D eigenvalue weighted by molar-refractivity contribution is 0.233. The number of piperazine rings is 1. The maximum Gasteiger partial charge on any atom is 0.0412 e. The summed E-state index contributed by atoms with van der Waals surface area (Å²) < 4.78 is 0. The fourth-order valence-corrected chi connectivity index (χ4v) is 2.98. The minimum Gasteiger partial charge on any atom is -0.366 e. The highest BCUT2D eigenvalue weighted by molar-refractivity contribution is 5.49. The zero-order chi connectivity index (χ0) is 14.8. The van der Waals surface area contributed by atoms with Gasteiger partial charge in [0.25, 0.3) is 0 Å². The maximum atomic E-state index is 3.74. The van der Waals surface area contributed by atoms with Crippen molar-refractivity contribution in [1.29, 1.82) is 0 Å². The summed E-state index contributed by atoms with van der Waals surface area (Å²) in [6, 6.07) is 10.3. The molecule has 0 aliphatic carbocycles. The number of hydrogen-bond acceptors (Lipinski definition) is 2. The summed E-state index contributed by atoms with van der Waals surface area (Å²) in [5, 5.41) is 3.74. The van der Waals surface area contributed by atoms with E-state index < -0.39 is 0 Å². The van der Waals surface area contributed by atoms with E-state index in [9.17, 15) is 0 Å². The van der Waals surface area contributed by atoms with Crippen molar-refractivity contribution in [2.45, 2.75) is 59.5 Å². The second kappa shape index (κ2) is 6.17. The van der Waals surface area contributed by atoms with E-state index in [1.54, 1.807) is 0 Å². The predicted octanol–water partition coefficient (Wildman–Crippen LogP) is 3.85. The fourth-order valence-electron chi connectivity index (χ4n) is 2.98. The van der Waals surface area contributed by atoms with E-state index in [2.05, 4.69) is 69.1 Å². The largest absolute Gasteiger partial charge is 0.366 e. The third kappa shape index (κ3) is 3.35. The lowest BCUT2D eigenvalue weighted by Gasteiger charge is -2.46. The minimum atomic E-state index is 0.306. The fraction of sp³-hybridized carbons (Fsp3) is 0.667. The first-order valence-electron chi connectivity index (χ1n) is 8.04. The molecule has 1 aliphatic rings. The zero-order valence-electron chi connectivity index (χ0n) is 13.7. The van der Waals surface area contributed by atoms with E-state index >= 15 is 0 Å². The Hall–Kier alpha value is -1.02. The summed E-state index contributed by atoms with van der Waals surface area (Å²) in [6.45, 7) is 13.7. The summed E-state index contributed by atoms with van der Waals surface area (Å²) in [7, 11) is 0. The summed E-state index contributed by atoms with van der Waals surface area (Å²) in [4.78, 5) is 2.60. The van der Waals surface area contributed by atoms with Gasteiger partial charge >= 0.3 is 0 Å². The van der Waals surface area contributed by atoms with Crippen molar-refractivity contribution < 1.29 is 0 Å². The first-order chi connectivity index (χ1) is 9.45. The first kappa shape index (κ1) is 15.4. The highest BCUT2D eigenvalue weighted by Crippen LogP contribution is 2.28. The Morgan fingerprint density at radius 1 is 1.15 bits per heavy atom. The molecular formula is C18H30N2. The molecule has 0 spiro atoms. The quantitative estimate of drug-likeness (QED) is 0.900. The number of anilines is 1. The van der Waals surface area contributed by atoms with Crippen LogP contribution in [-0.4, -0.2) is 25.2 Å². The summed E-state index contributed by atoms with van der Waals surface area (Å²) in [5.41, 5.74) is 3.11. The number of benzene rings is 1. The van der Waals surface area contributed by atoms with Crippen LogP contribution in [0, 0.1) is 5.41 Å². The van der Waals surface area contributed by atoms with Crippen LogP contribution in [0.5, 0.6) is 0 Å². The predicted molar refractivity (Wildman–Crippen MR) is 88.5 cm³/mol. The van der Waals surface area contributed by atoms with E-state index in [1.807, 2.05) is 0 Å². The van der Waals surface area contributed by atoms with Crippen molar-refractivity contribution in [2.24, 2.45) is 5.41 Å². The molecule has 0 aromatic heterocycles. The normalized spacial score (nSPS) is 23.9. The molecule has 1 aliphatic heterocycles. The SMILES string of the molecule is CCc1ccc(N2CC(C(C)(C)C)NCC2CC)cc1. The Labute approximate surface area is 124 Å². The molecular weight excluding hydrogens is 244 g/mol. The molecule has 0 amide bonds. The molecule has 1 heterocycles. The van der Waals surface area contributed by atoms with E-state index in [-0.39, 0.29) is 0 Å². The number of hydrogen-bond donors (Lipinski definition) is 1. The Balaban J connectivity index is 2.19. The molecule has 2 heteroatoms. The van der Waals surface area contributed by atoms with Gasteiger partial charge in [0.1, 0.15) is 0 Å². The van der Waals surface area contributed by atoms with E-state index in [0.29, 0.717) is 17.5 Å². The molecule has 0 radical (unpaired) electrons. The summed E-state index contributed by atoms with van der Waals surface area (Å²) in [5.74, 6) is 0. The highest BCUT2D eigenvalue weighted by Gasteiger charge is 2.33.